The third-order valence-corrected chi connectivity index (χ3v) is 4.21. The summed E-state index contributed by atoms with van der Waals surface area (Å²) in [6.45, 7) is 5.12. The fraction of sp³-hybridized carbons (Fsp3) is 0.500. The summed E-state index contributed by atoms with van der Waals surface area (Å²) in [4.78, 5) is 26.7. The van der Waals surface area contributed by atoms with Gasteiger partial charge in [-0.25, -0.2) is 4.79 Å². The highest BCUT2D eigenvalue weighted by Crippen LogP contribution is 2.32. The van der Waals surface area contributed by atoms with Gasteiger partial charge in [0.2, 0.25) is 6.79 Å². The van der Waals surface area contributed by atoms with Crippen molar-refractivity contribution in [1.82, 2.24) is 15.1 Å². The Hall–Kier alpha value is -2.48. The van der Waals surface area contributed by atoms with E-state index in [9.17, 15) is 9.59 Å². The van der Waals surface area contributed by atoms with Crippen LogP contribution in [0.5, 0.6) is 11.5 Å². The second kappa shape index (κ2) is 6.96. The zero-order valence-electron chi connectivity index (χ0n) is 13.5. The number of aliphatic carboxylic acids is 1. The van der Waals surface area contributed by atoms with E-state index in [0.29, 0.717) is 13.1 Å². The number of rotatable bonds is 4. The van der Waals surface area contributed by atoms with Gasteiger partial charge in [0.05, 0.1) is 0 Å². The molecule has 2 heterocycles. The summed E-state index contributed by atoms with van der Waals surface area (Å²) in [6.07, 6.45) is 0. The molecular weight excluding hydrogens is 314 g/mol. The predicted molar refractivity (Wildman–Crippen MR) is 85.0 cm³/mol. The number of hydrogen-bond donors (Lipinski definition) is 2. The van der Waals surface area contributed by atoms with Crippen LogP contribution in [0, 0.1) is 0 Å². The van der Waals surface area contributed by atoms with Crippen LogP contribution in [0.3, 0.4) is 0 Å². The number of nitrogens with zero attached hydrogens (tertiary/aromatic N) is 2. The summed E-state index contributed by atoms with van der Waals surface area (Å²) in [7, 11) is 0. The molecular formula is C16H21N3O5. The fourth-order valence-corrected chi connectivity index (χ4v) is 2.74. The molecule has 0 spiro atoms. The van der Waals surface area contributed by atoms with Crippen molar-refractivity contribution in [3.63, 3.8) is 0 Å². The van der Waals surface area contributed by atoms with Gasteiger partial charge in [-0.1, -0.05) is 6.07 Å². The lowest BCUT2D eigenvalue weighted by Gasteiger charge is -2.35. The Morgan fingerprint density at radius 3 is 2.62 bits per heavy atom. The van der Waals surface area contributed by atoms with Crippen LogP contribution in [0.4, 0.5) is 4.79 Å². The number of hydrogen-bond acceptors (Lipinski definition) is 5. The average molecular weight is 335 g/mol. The highest BCUT2D eigenvalue weighted by atomic mass is 16.7. The molecule has 2 N–H and O–H groups in total. The minimum Gasteiger partial charge on any atom is -0.480 e. The van der Waals surface area contributed by atoms with E-state index < -0.39 is 12.0 Å². The normalized spacial score (nSPS) is 18.3. The number of carbonyl (C=O) groups excluding carboxylic acids is 1. The molecule has 0 aromatic heterocycles. The Morgan fingerprint density at radius 1 is 1.21 bits per heavy atom. The predicted octanol–water partition coefficient (Wildman–Crippen LogP) is 0.716. The zero-order valence-corrected chi connectivity index (χ0v) is 13.5. The van der Waals surface area contributed by atoms with Gasteiger partial charge in [-0.3, -0.25) is 9.69 Å². The number of piperazine rings is 1. The number of benzene rings is 1. The smallest absolute Gasteiger partial charge is 0.325 e. The topological polar surface area (TPSA) is 91.3 Å². The molecule has 0 saturated carbocycles. The van der Waals surface area contributed by atoms with Gasteiger partial charge in [-0.2, -0.15) is 0 Å². The highest BCUT2D eigenvalue weighted by molar-refractivity contribution is 5.82. The Labute approximate surface area is 139 Å². The minimum atomic E-state index is -1.04. The van der Waals surface area contributed by atoms with Crippen LogP contribution in [0.2, 0.25) is 0 Å². The zero-order chi connectivity index (χ0) is 17.1. The molecule has 2 aliphatic rings. The van der Waals surface area contributed by atoms with E-state index in [-0.39, 0.29) is 12.8 Å². The van der Waals surface area contributed by atoms with Gasteiger partial charge in [0.1, 0.15) is 6.04 Å². The van der Waals surface area contributed by atoms with Crippen molar-refractivity contribution in [3.8, 4) is 11.5 Å². The molecule has 1 aromatic carbocycles. The summed E-state index contributed by atoms with van der Waals surface area (Å²) < 4.78 is 10.7. The quantitative estimate of drug-likeness (QED) is 0.842. The number of nitrogens with one attached hydrogen (secondary N) is 1. The second-order valence-electron chi connectivity index (χ2n) is 5.96. The lowest BCUT2D eigenvalue weighted by molar-refractivity contribution is -0.138. The lowest BCUT2D eigenvalue weighted by atomic mass is 10.1. The van der Waals surface area contributed by atoms with Crippen LogP contribution in [0.15, 0.2) is 18.2 Å². The molecule has 3 rings (SSSR count). The van der Waals surface area contributed by atoms with Gasteiger partial charge < -0.3 is 24.8 Å². The molecule has 0 radical (unpaired) electrons. The monoisotopic (exact) mass is 335 g/mol. The first-order valence-electron chi connectivity index (χ1n) is 7.92. The van der Waals surface area contributed by atoms with E-state index in [4.69, 9.17) is 14.6 Å². The molecule has 0 bridgehead atoms. The van der Waals surface area contributed by atoms with Gasteiger partial charge in [0, 0.05) is 32.7 Å². The van der Waals surface area contributed by atoms with E-state index in [0.717, 1.165) is 36.7 Å². The van der Waals surface area contributed by atoms with Crippen LogP contribution < -0.4 is 14.8 Å². The molecule has 1 aromatic rings. The summed E-state index contributed by atoms with van der Waals surface area (Å²) in [5.74, 6) is 0.505. The van der Waals surface area contributed by atoms with E-state index >= 15 is 0 Å². The first-order valence-corrected chi connectivity index (χ1v) is 7.92. The number of carbonyl (C=O) groups is 2. The van der Waals surface area contributed by atoms with Gasteiger partial charge >= 0.3 is 12.0 Å². The summed E-state index contributed by atoms with van der Waals surface area (Å²) >= 11 is 0. The molecule has 2 aliphatic heterocycles. The average Bonchev–Trinajstić information content (AvgIpc) is 3.03. The van der Waals surface area contributed by atoms with Crippen molar-refractivity contribution in [2.75, 3.05) is 33.0 Å². The standard InChI is InChI=1S/C16H21N3O5/c1-11(15(20)21)17-16(22)19-6-4-18(5-7-19)9-12-2-3-13-14(8-12)24-10-23-13/h2-3,8,11H,4-7,9-10H2,1H3,(H,17,22)(H,20,21). The van der Waals surface area contributed by atoms with Gasteiger partial charge in [-0.05, 0) is 24.6 Å². The van der Waals surface area contributed by atoms with Crippen molar-refractivity contribution >= 4 is 12.0 Å². The van der Waals surface area contributed by atoms with Gasteiger partial charge in [0.25, 0.3) is 0 Å². The van der Waals surface area contributed by atoms with E-state index in [2.05, 4.69) is 10.2 Å². The molecule has 0 aliphatic carbocycles. The van der Waals surface area contributed by atoms with Gasteiger partial charge in [-0.15, -0.1) is 0 Å². The number of fused-ring (bicyclic) bond motifs is 1. The van der Waals surface area contributed by atoms with Crippen molar-refractivity contribution in [2.45, 2.75) is 19.5 Å². The number of ether oxygens (including phenoxy) is 2. The first-order chi connectivity index (χ1) is 11.5. The summed E-state index contributed by atoms with van der Waals surface area (Å²) in [5.41, 5.74) is 1.14. The highest BCUT2D eigenvalue weighted by Gasteiger charge is 2.24. The molecule has 130 valence electrons. The third-order valence-electron chi connectivity index (χ3n) is 4.21. The maximum Gasteiger partial charge on any atom is 0.325 e. The van der Waals surface area contributed by atoms with Crippen molar-refractivity contribution < 1.29 is 24.2 Å². The molecule has 1 atom stereocenters. The summed E-state index contributed by atoms with van der Waals surface area (Å²) in [6, 6.07) is 4.70. The molecule has 24 heavy (non-hydrogen) atoms. The molecule has 1 fully saturated rings. The largest absolute Gasteiger partial charge is 0.480 e. The van der Waals surface area contributed by atoms with Gasteiger partial charge in [0.15, 0.2) is 11.5 Å². The number of urea groups is 1. The Kier molecular flexibility index (Phi) is 4.75. The second-order valence-corrected chi connectivity index (χ2v) is 5.96. The molecule has 2 amide bonds. The van der Waals surface area contributed by atoms with Crippen molar-refractivity contribution in [2.24, 2.45) is 0 Å². The lowest BCUT2D eigenvalue weighted by Crippen LogP contribution is -2.53. The van der Waals surface area contributed by atoms with Crippen LogP contribution >= 0.6 is 0 Å². The summed E-state index contributed by atoms with van der Waals surface area (Å²) in [5, 5.41) is 11.3. The number of carboxylic acid groups (broad SMARTS) is 1. The SMILES string of the molecule is CC(NC(=O)N1CCN(Cc2ccc3c(c2)OCO3)CC1)C(=O)O. The molecule has 8 nitrogen and oxygen atoms in total. The Morgan fingerprint density at radius 2 is 1.92 bits per heavy atom. The number of amides is 2. The van der Waals surface area contributed by atoms with Crippen LogP contribution in [-0.2, 0) is 11.3 Å². The van der Waals surface area contributed by atoms with E-state index in [1.807, 2.05) is 18.2 Å². The third kappa shape index (κ3) is 3.70. The molecule has 1 unspecified atom stereocenters. The number of carboxylic acids is 1. The van der Waals surface area contributed by atoms with Crippen molar-refractivity contribution in [1.29, 1.82) is 0 Å². The molecule has 1 saturated heterocycles. The Balaban J connectivity index is 1.48. The minimum absolute atomic E-state index is 0.265. The van der Waals surface area contributed by atoms with Crippen LogP contribution in [-0.4, -0.2) is 65.9 Å². The van der Waals surface area contributed by atoms with Crippen LogP contribution in [0.1, 0.15) is 12.5 Å². The van der Waals surface area contributed by atoms with Crippen LogP contribution in [0.25, 0.3) is 0 Å². The maximum atomic E-state index is 12.0. The maximum absolute atomic E-state index is 12.0. The first kappa shape index (κ1) is 16.4. The van der Waals surface area contributed by atoms with E-state index in [1.54, 1.807) is 4.90 Å². The Bertz CT molecular complexity index is 628. The fourth-order valence-electron chi connectivity index (χ4n) is 2.74. The van der Waals surface area contributed by atoms with E-state index in [1.165, 1.54) is 6.92 Å². The van der Waals surface area contributed by atoms with Crippen molar-refractivity contribution in [3.05, 3.63) is 23.8 Å². The molecule has 8 heteroatoms.